The lowest BCUT2D eigenvalue weighted by Gasteiger charge is -2.15. The lowest BCUT2D eigenvalue weighted by Crippen LogP contribution is -2.27. The maximum Gasteiger partial charge on any atom is 0.222 e. The summed E-state index contributed by atoms with van der Waals surface area (Å²) in [6, 6.07) is 8.35. The normalized spacial score (nSPS) is 9.89. The van der Waals surface area contributed by atoms with Crippen molar-refractivity contribution in [3.63, 3.8) is 0 Å². The Labute approximate surface area is 109 Å². The van der Waals surface area contributed by atoms with Gasteiger partial charge in [-0.05, 0) is 31.4 Å². The summed E-state index contributed by atoms with van der Waals surface area (Å²) in [6.07, 6.45) is 1.67. The van der Waals surface area contributed by atoms with E-state index < -0.39 is 0 Å². The van der Waals surface area contributed by atoms with Crippen LogP contribution in [0.2, 0.25) is 0 Å². The van der Waals surface area contributed by atoms with Crippen molar-refractivity contribution in [2.45, 2.75) is 33.1 Å². The monoisotopic (exact) mass is 244 g/mol. The first-order chi connectivity index (χ1) is 8.54. The van der Waals surface area contributed by atoms with Crippen LogP contribution in [0.25, 0.3) is 0 Å². The number of carbonyl (C=O) groups is 1. The van der Waals surface area contributed by atoms with E-state index >= 15 is 0 Å². The van der Waals surface area contributed by atoms with Gasteiger partial charge in [-0.3, -0.25) is 4.79 Å². The number of hydrogen-bond acceptors (Lipinski definition) is 2. The topological polar surface area (TPSA) is 44.1 Å². The van der Waals surface area contributed by atoms with Crippen LogP contribution in [-0.2, 0) is 11.2 Å². The van der Waals surface area contributed by atoms with Crippen LogP contribution in [0.1, 0.15) is 29.5 Å². The van der Waals surface area contributed by atoms with Crippen molar-refractivity contribution in [3.8, 4) is 6.07 Å². The van der Waals surface area contributed by atoms with Crippen LogP contribution >= 0.6 is 0 Å². The zero-order chi connectivity index (χ0) is 13.5. The molecular weight excluding hydrogens is 224 g/mol. The largest absolute Gasteiger partial charge is 0.345 e. The molecule has 96 valence electrons. The van der Waals surface area contributed by atoms with E-state index in [2.05, 4.69) is 32.0 Å². The van der Waals surface area contributed by atoms with Crippen molar-refractivity contribution in [1.82, 2.24) is 4.90 Å². The van der Waals surface area contributed by atoms with Crippen molar-refractivity contribution in [3.05, 3.63) is 34.9 Å². The summed E-state index contributed by atoms with van der Waals surface area (Å²) in [5.74, 6) is 0.102. The number of nitriles is 1. The number of rotatable bonds is 5. The quantitative estimate of drug-likeness (QED) is 0.799. The Morgan fingerprint density at radius 1 is 1.39 bits per heavy atom. The van der Waals surface area contributed by atoms with Crippen LogP contribution in [0.4, 0.5) is 0 Å². The fourth-order valence-corrected chi connectivity index (χ4v) is 1.90. The molecule has 0 aliphatic carbocycles. The molecule has 0 saturated heterocycles. The number of carbonyl (C=O) groups excluding carboxylic acids is 1. The molecule has 0 aliphatic heterocycles. The molecule has 0 aliphatic rings. The van der Waals surface area contributed by atoms with Crippen LogP contribution < -0.4 is 0 Å². The summed E-state index contributed by atoms with van der Waals surface area (Å²) in [7, 11) is 1.75. The molecule has 0 bridgehead atoms. The third kappa shape index (κ3) is 4.21. The van der Waals surface area contributed by atoms with Crippen LogP contribution in [0.5, 0.6) is 0 Å². The number of benzene rings is 1. The Hall–Kier alpha value is -1.82. The van der Waals surface area contributed by atoms with Gasteiger partial charge in [0.15, 0.2) is 0 Å². The smallest absolute Gasteiger partial charge is 0.222 e. The van der Waals surface area contributed by atoms with E-state index in [1.807, 2.05) is 6.07 Å². The first-order valence-corrected chi connectivity index (χ1v) is 6.21. The van der Waals surface area contributed by atoms with Crippen molar-refractivity contribution >= 4 is 5.91 Å². The van der Waals surface area contributed by atoms with Gasteiger partial charge in [-0.2, -0.15) is 5.26 Å². The molecule has 1 rings (SSSR count). The van der Waals surface area contributed by atoms with Gasteiger partial charge in [-0.1, -0.05) is 23.8 Å². The summed E-state index contributed by atoms with van der Waals surface area (Å²) >= 11 is 0. The van der Waals surface area contributed by atoms with Crippen molar-refractivity contribution < 1.29 is 4.79 Å². The lowest BCUT2D eigenvalue weighted by molar-refractivity contribution is -0.129. The van der Waals surface area contributed by atoms with E-state index in [1.165, 1.54) is 16.7 Å². The highest BCUT2D eigenvalue weighted by Gasteiger charge is 2.09. The SMILES string of the molecule is Cc1ccc(CCC(=O)N(C)CCC#N)c(C)c1. The summed E-state index contributed by atoms with van der Waals surface area (Å²) in [5, 5.41) is 8.48. The fraction of sp³-hybridized carbons (Fsp3) is 0.467. The Morgan fingerprint density at radius 2 is 2.11 bits per heavy atom. The Balaban J connectivity index is 2.50. The first kappa shape index (κ1) is 14.2. The second kappa shape index (κ2) is 6.80. The predicted molar refractivity (Wildman–Crippen MR) is 72.1 cm³/mol. The van der Waals surface area contributed by atoms with Crippen LogP contribution in [0, 0.1) is 25.2 Å². The highest BCUT2D eigenvalue weighted by molar-refractivity contribution is 5.76. The highest BCUT2D eigenvalue weighted by Crippen LogP contribution is 2.13. The Bertz CT molecular complexity index is 460. The van der Waals surface area contributed by atoms with Crippen LogP contribution in [-0.4, -0.2) is 24.4 Å². The molecule has 0 atom stereocenters. The second-order valence-corrected chi connectivity index (χ2v) is 4.65. The number of hydrogen-bond donors (Lipinski definition) is 0. The second-order valence-electron chi connectivity index (χ2n) is 4.65. The Kier molecular flexibility index (Phi) is 5.38. The minimum absolute atomic E-state index is 0.102. The predicted octanol–water partition coefficient (Wildman–Crippen LogP) is 2.61. The molecule has 0 spiro atoms. The zero-order valence-electron chi connectivity index (χ0n) is 11.4. The summed E-state index contributed by atoms with van der Waals surface area (Å²) in [6.45, 7) is 4.66. The number of aryl methyl sites for hydroxylation is 3. The molecule has 0 radical (unpaired) electrons. The molecular formula is C15H20N2O. The molecule has 0 unspecified atom stereocenters. The van der Waals surface area contributed by atoms with Gasteiger partial charge in [-0.25, -0.2) is 0 Å². The minimum Gasteiger partial charge on any atom is -0.345 e. The van der Waals surface area contributed by atoms with Gasteiger partial charge in [0.1, 0.15) is 0 Å². The van der Waals surface area contributed by atoms with Crippen LogP contribution in [0.15, 0.2) is 18.2 Å². The van der Waals surface area contributed by atoms with Gasteiger partial charge in [0.05, 0.1) is 12.5 Å². The van der Waals surface area contributed by atoms with E-state index in [1.54, 1.807) is 11.9 Å². The van der Waals surface area contributed by atoms with E-state index in [0.717, 1.165) is 6.42 Å². The van der Waals surface area contributed by atoms with Gasteiger partial charge in [0, 0.05) is 20.0 Å². The minimum atomic E-state index is 0.102. The van der Waals surface area contributed by atoms with Crippen molar-refractivity contribution in [2.24, 2.45) is 0 Å². The zero-order valence-corrected chi connectivity index (χ0v) is 11.4. The summed E-state index contributed by atoms with van der Waals surface area (Å²) < 4.78 is 0. The fourth-order valence-electron chi connectivity index (χ4n) is 1.90. The van der Waals surface area contributed by atoms with Crippen molar-refractivity contribution in [1.29, 1.82) is 5.26 Å². The average molecular weight is 244 g/mol. The number of amides is 1. The molecule has 3 heteroatoms. The van der Waals surface area contributed by atoms with Gasteiger partial charge in [-0.15, -0.1) is 0 Å². The third-order valence-electron chi connectivity index (χ3n) is 3.09. The molecule has 1 amide bonds. The molecule has 1 aromatic carbocycles. The van der Waals surface area contributed by atoms with Gasteiger partial charge < -0.3 is 4.90 Å². The Morgan fingerprint density at radius 3 is 2.72 bits per heavy atom. The summed E-state index contributed by atoms with van der Waals surface area (Å²) in [5.41, 5.74) is 3.71. The molecule has 0 aromatic heterocycles. The first-order valence-electron chi connectivity index (χ1n) is 6.21. The molecule has 0 fully saturated rings. The maximum atomic E-state index is 11.8. The average Bonchev–Trinajstić information content (AvgIpc) is 2.34. The molecule has 18 heavy (non-hydrogen) atoms. The van der Waals surface area contributed by atoms with E-state index in [0.29, 0.717) is 19.4 Å². The molecule has 0 heterocycles. The van der Waals surface area contributed by atoms with Gasteiger partial charge in [0.25, 0.3) is 0 Å². The lowest BCUT2D eigenvalue weighted by atomic mass is 10.0. The summed E-state index contributed by atoms with van der Waals surface area (Å²) in [4.78, 5) is 13.4. The molecule has 1 aromatic rings. The standard InChI is InChI=1S/C15H20N2O/c1-12-5-6-14(13(2)11-12)7-8-15(18)17(3)10-4-9-16/h5-6,11H,4,7-8,10H2,1-3H3. The number of nitrogens with zero attached hydrogens (tertiary/aromatic N) is 2. The molecule has 3 nitrogen and oxygen atoms in total. The van der Waals surface area contributed by atoms with Gasteiger partial charge >= 0.3 is 0 Å². The van der Waals surface area contributed by atoms with Crippen LogP contribution in [0.3, 0.4) is 0 Å². The third-order valence-corrected chi connectivity index (χ3v) is 3.09. The van der Waals surface area contributed by atoms with E-state index in [9.17, 15) is 4.79 Å². The van der Waals surface area contributed by atoms with Gasteiger partial charge in [0.2, 0.25) is 5.91 Å². The maximum absolute atomic E-state index is 11.8. The van der Waals surface area contributed by atoms with Crippen molar-refractivity contribution in [2.75, 3.05) is 13.6 Å². The molecule has 0 saturated carbocycles. The van der Waals surface area contributed by atoms with E-state index in [-0.39, 0.29) is 5.91 Å². The molecule has 0 N–H and O–H groups in total. The highest BCUT2D eigenvalue weighted by atomic mass is 16.2. The van der Waals surface area contributed by atoms with E-state index in [4.69, 9.17) is 5.26 Å².